The summed E-state index contributed by atoms with van der Waals surface area (Å²) in [6.07, 6.45) is 2.25. The van der Waals surface area contributed by atoms with Gasteiger partial charge in [-0.2, -0.15) is 0 Å². The van der Waals surface area contributed by atoms with Crippen molar-refractivity contribution in [2.24, 2.45) is 11.5 Å². The van der Waals surface area contributed by atoms with Crippen LogP contribution in [0.5, 0.6) is 0 Å². The van der Waals surface area contributed by atoms with Crippen molar-refractivity contribution in [3.8, 4) is 0 Å². The number of para-hydroxylation sites is 1. The lowest BCUT2D eigenvalue weighted by Crippen LogP contribution is -2.55. The molecule has 0 saturated heterocycles. The number of hydrogen-bond donors (Lipinski definition) is 4. The zero-order valence-corrected chi connectivity index (χ0v) is 12.3. The number of fused-ring (bicyclic) bond motifs is 1. The molecule has 2 rings (SSSR count). The first-order chi connectivity index (χ1) is 11.0. The highest BCUT2D eigenvalue weighted by atomic mass is 16.2. The quantitative estimate of drug-likeness (QED) is 0.529. The van der Waals surface area contributed by atoms with Gasteiger partial charge in [0.05, 0.1) is 5.52 Å². The number of rotatable bonds is 6. The Balaban J connectivity index is 1.92. The molecule has 4 amide bonds. The summed E-state index contributed by atoms with van der Waals surface area (Å²) in [5, 5.41) is 5.68. The third kappa shape index (κ3) is 4.16. The molecule has 120 valence electrons. The van der Waals surface area contributed by atoms with Gasteiger partial charge in [-0.15, -0.1) is 0 Å². The zero-order chi connectivity index (χ0) is 16.8. The minimum atomic E-state index is -1.53. The van der Waals surface area contributed by atoms with Crippen LogP contribution in [0, 0.1) is 0 Å². The summed E-state index contributed by atoms with van der Waals surface area (Å²) in [4.78, 5) is 38.0. The van der Waals surface area contributed by atoms with Crippen molar-refractivity contribution in [2.75, 3.05) is 6.54 Å². The topological polar surface area (TPSA) is 140 Å². The number of nitrogens with zero attached hydrogens (tertiary/aromatic N) is 1. The Labute approximate surface area is 132 Å². The number of carbonyl (C=O) groups excluding carboxylic acids is 3. The summed E-state index contributed by atoms with van der Waals surface area (Å²) >= 11 is 0. The van der Waals surface area contributed by atoms with E-state index in [1.807, 2.05) is 30.3 Å². The summed E-state index contributed by atoms with van der Waals surface area (Å²) in [6, 6.07) is 7.37. The number of nitrogens with two attached hydrogens (primary N) is 2. The van der Waals surface area contributed by atoms with Crippen LogP contribution < -0.4 is 22.1 Å². The van der Waals surface area contributed by atoms with Crippen LogP contribution in [0.4, 0.5) is 4.79 Å². The lowest BCUT2D eigenvalue weighted by Gasteiger charge is -2.13. The fraction of sp³-hybridized carbons (Fsp3) is 0.200. The number of benzene rings is 1. The van der Waals surface area contributed by atoms with E-state index in [9.17, 15) is 14.4 Å². The Bertz CT molecular complexity index is 727. The number of urea groups is 1. The lowest BCUT2D eigenvalue weighted by atomic mass is 10.1. The van der Waals surface area contributed by atoms with Gasteiger partial charge in [-0.05, 0) is 18.1 Å². The van der Waals surface area contributed by atoms with Crippen molar-refractivity contribution < 1.29 is 14.4 Å². The van der Waals surface area contributed by atoms with Gasteiger partial charge in [-0.3, -0.25) is 14.6 Å². The molecule has 8 nitrogen and oxygen atoms in total. The summed E-state index contributed by atoms with van der Waals surface area (Å²) in [7, 11) is 0. The number of carbonyl (C=O) groups is 3. The minimum absolute atomic E-state index is 0.297. The molecule has 0 spiro atoms. The molecule has 0 fully saturated rings. The molecular formula is C15H17N5O3. The first-order valence-corrected chi connectivity index (χ1v) is 6.94. The van der Waals surface area contributed by atoms with Crippen molar-refractivity contribution >= 4 is 28.7 Å². The number of hydrogen-bond acceptors (Lipinski definition) is 4. The fourth-order valence-electron chi connectivity index (χ4n) is 2.14. The first-order valence-electron chi connectivity index (χ1n) is 6.94. The molecule has 0 atom stereocenters. The molecule has 1 heterocycles. The molecule has 1 aromatic carbocycles. The van der Waals surface area contributed by atoms with Crippen molar-refractivity contribution in [3.05, 3.63) is 42.1 Å². The van der Waals surface area contributed by atoms with Gasteiger partial charge in [-0.1, -0.05) is 24.3 Å². The monoisotopic (exact) mass is 315 g/mol. The SMILES string of the molecule is NC(=O)C(NC(=O)NCCc1cccc2cccnc12)C(N)=O. The number of pyridine rings is 1. The molecule has 6 N–H and O–H groups in total. The number of nitrogens with one attached hydrogen (secondary N) is 2. The van der Waals surface area contributed by atoms with Crippen molar-refractivity contribution in [2.45, 2.75) is 12.5 Å². The molecule has 0 radical (unpaired) electrons. The predicted octanol–water partition coefficient (Wildman–Crippen LogP) is -0.584. The van der Waals surface area contributed by atoms with E-state index in [0.717, 1.165) is 16.5 Å². The maximum atomic E-state index is 11.7. The molecule has 0 unspecified atom stereocenters. The van der Waals surface area contributed by atoms with Gasteiger partial charge < -0.3 is 22.1 Å². The zero-order valence-electron chi connectivity index (χ0n) is 12.3. The smallest absolute Gasteiger partial charge is 0.315 e. The molecule has 0 saturated carbocycles. The van der Waals surface area contributed by atoms with E-state index < -0.39 is 23.9 Å². The maximum absolute atomic E-state index is 11.7. The molecule has 23 heavy (non-hydrogen) atoms. The fourth-order valence-corrected chi connectivity index (χ4v) is 2.14. The van der Waals surface area contributed by atoms with Crippen molar-refractivity contribution in [1.82, 2.24) is 15.6 Å². The van der Waals surface area contributed by atoms with Crippen LogP contribution in [0.1, 0.15) is 5.56 Å². The van der Waals surface area contributed by atoms with E-state index in [1.54, 1.807) is 6.20 Å². The number of amides is 4. The molecule has 8 heteroatoms. The third-order valence-electron chi connectivity index (χ3n) is 3.24. The van der Waals surface area contributed by atoms with Crippen LogP contribution in [-0.4, -0.2) is 35.4 Å². The van der Waals surface area contributed by atoms with Gasteiger partial charge in [0.1, 0.15) is 0 Å². The number of aromatic nitrogens is 1. The molecule has 1 aromatic heterocycles. The Morgan fingerprint density at radius 1 is 1.09 bits per heavy atom. The highest BCUT2D eigenvalue weighted by molar-refractivity contribution is 6.05. The normalized spacial score (nSPS) is 10.5. The summed E-state index contributed by atoms with van der Waals surface area (Å²) in [5.74, 6) is -2.02. The Hall–Kier alpha value is -3.16. The molecule has 2 aromatic rings. The lowest BCUT2D eigenvalue weighted by molar-refractivity contribution is -0.128. The molecular weight excluding hydrogens is 298 g/mol. The van der Waals surface area contributed by atoms with Crippen molar-refractivity contribution in [1.29, 1.82) is 0 Å². The van der Waals surface area contributed by atoms with Gasteiger partial charge in [-0.25, -0.2) is 4.79 Å². The minimum Gasteiger partial charge on any atom is -0.367 e. The van der Waals surface area contributed by atoms with Crippen LogP contribution >= 0.6 is 0 Å². The van der Waals surface area contributed by atoms with Gasteiger partial charge in [0, 0.05) is 18.1 Å². The van der Waals surface area contributed by atoms with E-state index in [-0.39, 0.29) is 0 Å². The molecule has 0 aliphatic rings. The van der Waals surface area contributed by atoms with Gasteiger partial charge in [0.15, 0.2) is 6.04 Å². The highest BCUT2D eigenvalue weighted by Crippen LogP contribution is 2.15. The predicted molar refractivity (Wildman–Crippen MR) is 84.2 cm³/mol. The standard InChI is InChI=1S/C15H17N5O3/c16-13(21)12(14(17)22)20-15(23)19-8-6-10-4-1-3-9-5-2-7-18-11(9)10/h1-5,7,12H,6,8H2,(H2,16,21)(H2,17,22)(H2,19,20,23). The summed E-state index contributed by atoms with van der Waals surface area (Å²) < 4.78 is 0. The highest BCUT2D eigenvalue weighted by Gasteiger charge is 2.23. The second-order valence-electron chi connectivity index (χ2n) is 4.88. The second kappa shape index (κ2) is 7.21. The molecule has 0 aliphatic heterocycles. The summed E-state index contributed by atoms with van der Waals surface area (Å²) in [6.45, 7) is 0.297. The van der Waals surface area contributed by atoms with Crippen molar-refractivity contribution in [3.63, 3.8) is 0 Å². The third-order valence-corrected chi connectivity index (χ3v) is 3.24. The van der Waals surface area contributed by atoms with E-state index in [4.69, 9.17) is 11.5 Å². The van der Waals surface area contributed by atoms with Crippen LogP contribution in [0.2, 0.25) is 0 Å². The summed E-state index contributed by atoms with van der Waals surface area (Å²) in [5.41, 5.74) is 11.8. The average Bonchev–Trinajstić information content (AvgIpc) is 2.52. The number of primary amides is 2. The van der Waals surface area contributed by atoms with Gasteiger partial charge >= 0.3 is 6.03 Å². The van der Waals surface area contributed by atoms with Crippen LogP contribution in [-0.2, 0) is 16.0 Å². The van der Waals surface area contributed by atoms with Gasteiger partial charge in [0.25, 0.3) is 0 Å². The Morgan fingerprint density at radius 3 is 2.48 bits per heavy atom. The Kier molecular flexibility index (Phi) is 5.08. The van der Waals surface area contributed by atoms with E-state index >= 15 is 0 Å². The molecule has 0 bridgehead atoms. The van der Waals surface area contributed by atoms with Crippen LogP contribution in [0.3, 0.4) is 0 Å². The average molecular weight is 315 g/mol. The van der Waals surface area contributed by atoms with Crippen LogP contribution in [0.15, 0.2) is 36.5 Å². The Morgan fingerprint density at radius 2 is 1.78 bits per heavy atom. The first kappa shape index (κ1) is 16.2. The van der Waals surface area contributed by atoms with Gasteiger partial charge in [0.2, 0.25) is 11.8 Å². The molecule has 0 aliphatic carbocycles. The van der Waals surface area contributed by atoms with E-state index in [2.05, 4.69) is 15.6 Å². The second-order valence-corrected chi connectivity index (χ2v) is 4.88. The van der Waals surface area contributed by atoms with E-state index in [1.165, 1.54) is 0 Å². The van der Waals surface area contributed by atoms with Crippen LogP contribution in [0.25, 0.3) is 10.9 Å². The largest absolute Gasteiger partial charge is 0.367 e. The maximum Gasteiger partial charge on any atom is 0.315 e. The van der Waals surface area contributed by atoms with E-state index in [0.29, 0.717) is 13.0 Å².